The molecule has 0 unspecified atom stereocenters. The molecular formula is C16H33IN4O2. The summed E-state index contributed by atoms with van der Waals surface area (Å²) in [5, 5.41) is 9.36. The molecule has 0 heterocycles. The van der Waals surface area contributed by atoms with Crippen molar-refractivity contribution >= 4 is 35.8 Å². The number of hydrogen-bond acceptors (Lipinski definition) is 3. The Labute approximate surface area is 157 Å². The highest BCUT2D eigenvalue weighted by Crippen LogP contribution is 2.28. The third kappa shape index (κ3) is 12.5. The smallest absolute Gasteiger partial charge is 0.223 e. The summed E-state index contributed by atoms with van der Waals surface area (Å²) in [6, 6.07) is 0. The van der Waals surface area contributed by atoms with E-state index in [1.807, 2.05) is 6.92 Å². The third-order valence-corrected chi connectivity index (χ3v) is 3.18. The second kappa shape index (κ2) is 13.8. The van der Waals surface area contributed by atoms with Gasteiger partial charge in [-0.15, -0.1) is 24.0 Å². The van der Waals surface area contributed by atoms with Gasteiger partial charge in [0.05, 0.1) is 0 Å². The van der Waals surface area contributed by atoms with Crippen molar-refractivity contribution < 1.29 is 9.53 Å². The van der Waals surface area contributed by atoms with Gasteiger partial charge in [-0.1, -0.05) is 13.8 Å². The molecule has 0 aromatic carbocycles. The van der Waals surface area contributed by atoms with Gasteiger partial charge in [0, 0.05) is 45.3 Å². The third-order valence-electron chi connectivity index (χ3n) is 3.18. The molecule has 0 aliphatic heterocycles. The zero-order valence-electron chi connectivity index (χ0n) is 14.7. The maximum atomic E-state index is 11.5. The number of nitrogens with one attached hydrogen (secondary N) is 3. The lowest BCUT2D eigenvalue weighted by Crippen LogP contribution is -2.41. The Hall–Kier alpha value is -0.570. The standard InChI is InChI=1S/C16H32N4O2.HI/c1-4-17-16(19-8-5-11-22-12-13(2)3)20-10-9-18-15(21)14-6-7-14;/h13-14H,4-12H2,1-3H3,(H,18,21)(H2,17,19,20);1H. The molecule has 0 aromatic rings. The monoisotopic (exact) mass is 440 g/mol. The molecule has 6 nitrogen and oxygen atoms in total. The lowest BCUT2D eigenvalue weighted by Gasteiger charge is -2.12. The van der Waals surface area contributed by atoms with Gasteiger partial charge in [-0.3, -0.25) is 9.79 Å². The fraction of sp³-hybridized carbons (Fsp3) is 0.875. The van der Waals surface area contributed by atoms with Gasteiger partial charge in [0.15, 0.2) is 5.96 Å². The first kappa shape index (κ1) is 22.4. The van der Waals surface area contributed by atoms with Gasteiger partial charge in [0.25, 0.3) is 0 Å². The van der Waals surface area contributed by atoms with Crippen LogP contribution < -0.4 is 16.0 Å². The highest BCUT2D eigenvalue weighted by molar-refractivity contribution is 14.0. The van der Waals surface area contributed by atoms with Crippen LogP contribution in [-0.4, -0.2) is 51.3 Å². The predicted molar refractivity (Wildman–Crippen MR) is 105 cm³/mol. The molecule has 0 aromatic heterocycles. The normalized spacial score (nSPS) is 14.3. The molecule has 1 saturated carbocycles. The molecule has 0 spiro atoms. The Morgan fingerprint density at radius 2 is 1.91 bits per heavy atom. The molecule has 1 fully saturated rings. The Balaban J connectivity index is 0.00000484. The number of rotatable bonds is 11. The summed E-state index contributed by atoms with van der Waals surface area (Å²) in [7, 11) is 0. The fourth-order valence-corrected chi connectivity index (χ4v) is 1.87. The molecule has 0 atom stereocenters. The van der Waals surface area contributed by atoms with E-state index in [4.69, 9.17) is 4.74 Å². The molecule has 7 heteroatoms. The minimum Gasteiger partial charge on any atom is -0.381 e. The van der Waals surface area contributed by atoms with Gasteiger partial charge in [0.1, 0.15) is 0 Å². The van der Waals surface area contributed by atoms with Crippen molar-refractivity contribution in [1.29, 1.82) is 0 Å². The van der Waals surface area contributed by atoms with Crippen molar-refractivity contribution in [3.05, 3.63) is 0 Å². The molecule has 1 rings (SSSR count). The van der Waals surface area contributed by atoms with E-state index in [9.17, 15) is 4.79 Å². The van der Waals surface area contributed by atoms with Crippen LogP contribution in [0.15, 0.2) is 4.99 Å². The molecule has 23 heavy (non-hydrogen) atoms. The molecule has 0 saturated heterocycles. The highest BCUT2D eigenvalue weighted by atomic mass is 127. The number of carbonyl (C=O) groups is 1. The van der Waals surface area contributed by atoms with E-state index in [-0.39, 0.29) is 35.8 Å². The number of carbonyl (C=O) groups excluding carboxylic acids is 1. The summed E-state index contributed by atoms with van der Waals surface area (Å²) in [4.78, 5) is 16.0. The van der Waals surface area contributed by atoms with Gasteiger partial charge in [-0.05, 0) is 32.1 Å². The van der Waals surface area contributed by atoms with Crippen molar-refractivity contribution in [2.75, 3.05) is 39.4 Å². The molecular weight excluding hydrogens is 407 g/mol. The largest absolute Gasteiger partial charge is 0.381 e. The summed E-state index contributed by atoms with van der Waals surface area (Å²) in [6.07, 6.45) is 3.01. The predicted octanol–water partition coefficient (Wildman–Crippen LogP) is 1.75. The summed E-state index contributed by atoms with van der Waals surface area (Å²) in [5.74, 6) is 1.83. The minimum atomic E-state index is 0. The molecule has 0 bridgehead atoms. The zero-order chi connectivity index (χ0) is 16.2. The molecule has 0 radical (unpaired) electrons. The second-order valence-electron chi connectivity index (χ2n) is 6.08. The number of hydrogen-bond donors (Lipinski definition) is 3. The van der Waals surface area contributed by atoms with Crippen molar-refractivity contribution in [2.45, 2.75) is 40.0 Å². The van der Waals surface area contributed by atoms with Crippen LogP contribution in [0.25, 0.3) is 0 Å². The fourth-order valence-electron chi connectivity index (χ4n) is 1.87. The van der Waals surface area contributed by atoms with E-state index in [2.05, 4.69) is 34.8 Å². The minimum absolute atomic E-state index is 0. The summed E-state index contributed by atoms with van der Waals surface area (Å²) < 4.78 is 5.53. The number of ether oxygens (including phenoxy) is 1. The Kier molecular flexibility index (Phi) is 13.5. The summed E-state index contributed by atoms with van der Waals surface area (Å²) in [5.41, 5.74) is 0. The zero-order valence-corrected chi connectivity index (χ0v) is 17.0. The van der Waals surface area contributed by atoms with Crippen molar-refractivity contribution in [3.8, 4) is 0 Å². The maximum absolute atomic E-state index is 11.5. The quantitative estimate of drug-likeness (QED) is 0.198. The van der Waals surface area contributed by atoms with E-state index >= 15 is 0 Å². The van der Waals surface area contributed by atoms with Crippen LogP contribution in [-0.2, 0) is 9.53 Å². The molecule has 136 valence electrons. The first-order chi connectivity index (χ1) is 10.6. The first-order valence-electron chi connectivity index (χ1n) is 8.51. The molecule has 3 N–H and O–H groups in total. The van der Waals surface area contributed by atoms with Crippen molar-refractivity contribution in [1.82, 2.24) is 16.0 Å². The number of guanidine groups is 1. The Morgan fingerprint density at radius 3 is 2.52 bits per heavy atom. The van der Waals surface area contributed by atoms with Gasteiger partial charge in [0.2, 0.25) is 5.91 Å². The lowest BCUT2D eigenvalue weighted by molar-refractivity contribution is -0.122. The van der Waals surface area contributed by atoms with Crippen LogP contribution in [0.5, 0.6) is 0 Å². The SMILES string of the molecule is CCNC(=NCCCOCC(C)C)NCCNC(=O)C1CC1.I. The van der Waals surface area contributed by atoms with Crippen molar-refractivity contribution in [2.24, 2.45) is 16.8 Å². The number of aliphatic imine (C=N–C) groups is 1. The first-order valence-corrected chi connectivity index (χ1v) is 8.51. The van der Waals surface area contributed by atoms with E-state index in [1.54, 1.807) is 0 Å². The van der Waals surface area contributed by atoms with Crippen LogP contribution >= 0.6 is 24.0 Å². The Bertz CT molecular complexity index is 347. The lowest BCUT2D eigenvalue weighted by atomic mass is 10.2. The topological polar surface area (TPSA) is 74.8 Å². The number of amides is 1. The molecule has 1 amide bonds. The van der Waals surface area contributed by atoms with E-state index < -0.39 is 0 Å². The molecule has 1 aliphatic rings. The number of nitrogens with zero attached hydrogens (tertiary/aromatic N) is 1. The number of halogens is 1. The van der Waals surface area contributed by atoms with Crippen LogP contribution in [0.1, 0.15) is 40.0 Å². The van der Waals surface area contributed by atoms with Crippen LogP contribution in [0.2, 0.25) is 0 Å². The summed E-state index contributed by atoms with van der Waals surface area (Å²) in [6.45, 7) is 10.8. The van der Waals surface area contributed by atoms with Crippen LogP contribution in [0, 0.1) is 11.8 Å². The molecule has 1 aliphatic carbocycles. The van der Waals surface area contributed by atoms with Crippen LogP contribution in [0.3, 0.4) is 0 Å². The van der Waals surface area contributed by atoms with Gasteiger partial charge in [-0.25, -0.2) is 0 Å². The van der Waals surface area contributed by atoms with Gasteiger partial charge in [-0.2, -0.15) is 0 Å². The van der Waals surface area contributed by atoms with Gasteiger partial charge < -0.3 is 20.7 Å². The van der Waals surface area contributed by atoms with Gasteiger partial charge >= 0.3 is 0 Å². The second-order valence-corrected chi connectivity index (χ2v) is 6.08. The van der Waals surface area contributed by atoms with Crippen molar-refractivity contribution in [3.63, 3.8) is 0 Å². The average Bonchev–Trinajstić information content (AvgIpc) is 3.31. The summed E-state index contributed by atoms with van der Waals surface area (Å²) >= 11 is 0. The van der Waals surface area contributed by atoms with E-state index in [0.29, 0.717) is 19.0 Å². The highest BCUT2D eigenvalue weighted by Gasteiger charge is 2.28. The maximum Gasteiger partial charge on any atom is 0.223 e. The van der Waals surface area contributed by atoms with Crippen LogP contribution in [0.4, 0.5) is 0 Å². The Morgan fingerprint density at radius 1 is 1.22 bits per heavy atom. The van der Waals surface area contributed by atoms with E-state index in [0.717, 1.165) is 51.5 Å². The van der Waals surface area contributed by atoms with E-state index in [1.165, 1.54) is 0 Å². The average molecular weight is 440 g/mol.